The lowest BCUT2D eigenvalue weighted by Crippen LogP contribution is -2.57. The predicted octanol–water partition coefficient (Wildman–Crippen LogP) is -1.69. The predicted molar refractivity (Wildman–Crippen MR) is 104 cm³/mol. The van der Waals surface area contributed by atoms with E-state index in [4.69, 9.17) is 4.74 Å². The number of aliphatic hydroxyl groups excluding tert-OH is 4. The maximum Gasteiger partial charge on any atom is 0.274 e. The molecule has 0 unspecified atom stereocenters. The van der Waals surface area contributed by atoms with Crippen molar-refractivity contribution in [2.75, 3.05) is 19.7 Å². The van der Waals surface area contributed by atoms with Gasteiger partial charge in [-0.2, -0.15) is 0 Å². The minimum absolute atomic E-state index is 0.246. The summed E-state index contributed by atoms with van der Waals surface area (Å²) in [5.41, 5.74) is -0.499. The molecular formula is C18H31N5O7. The molecule has 1 aromatic heterocycles. The molecule has 0 bridgehead atoms. The van der Waals surface area contributed by atoms with E-state index in [1.54, 1.807) is 0 Å². The second kappa shape index (κ2) is 11.3. The van der Waals surface area contributed by atoms with Gasteiger partial charge < -0.3 is 35.8 Å². The number of hydrogen-bond acceptors (Lipinski definition) is 9. The zero-order valence-corrected chi connectivity index (χ0v) is 17.2. The van der Waals surface area contributed by atoms with E-state index < -0.39 is 49.1 Å². The Morgan fingerprint density at radius 3 is 2.17 bits per heavy atom. The summed E-state index contributed by atoms with van der Waals surface area (Å²) >= 11 is 0. The Kier molecular flexibility index (Phi) is 9.11. The number of aromatic nitrogens is 3. The highest BCUT2D eigenvalue weighted by atomic mass is 16.6. The van der Waals surface area contributed by atoms with Crippen molar-refractivity contribution in [2.45, 2.75) is 70.2 Å². The summed E-state index contributed by atoms with van der Waals surface area (Å²) in [6.07, 6.45) is -4.39. The molecule has 2 amide bonds. The van der Waals surface area contributed by atoms with Crippen LogP contribution in [-0.2, 0) is 4.74 Å². The molecule has 0 aromatic carbocycles. The number of nitrogens with zero attached hydrogens (tertiary/aromatic N) is 3. The molecule has 2 heterocycles. The molecule has 0 radical (unpaired) electrons. The molecule has 0 aliphatic carbocycles. The van der Waals surface area contributed by atoms with Crippen LogP contribution in [0.1, 0.15) is 66.7 Å². The molecule has 6 N–H and O–H groups in total. The molecule has 1 fully saturated rings. The molecule has 1 aliphatic heterocycles. The molecule has 1 saturated heterocycles. The Morgan fingerprint density at radius 1 is 1.00 bits per heavy atom. The molecule has 2 rings (SSSR count). The smallest absolute Gasteiger partial charge is 0.274 e. The Morgan fingerprint density at radius 2 is 1.60 bits per heavy atom. The monoisotopic (exact) mass is 429 g/mol. The van der Waals surface area contributed by atoms with E-state index >= 15 is 0 Å². The van der Waals surface area contributed by atoms with Gasteiger partial charge in [-0.15, -0.1) is 5.10 Å². The highest BCUT2D eigenvalue weighted by molar-refractivity contribution is 6.04. The molecule has 170 valence electrons. The van der Waals surface area contributed by atoms with Crippen LogP contribution in [0.4, 0.5) is 0 Å². The van der Waals surface area contributed by atoms with Crippen LogP contribution < -0.4 is 10.6 Å². The fourth-order valence-corrected chi connectivity index (χ4v) is 3.05. The number of ether oxygens (including phenoxy) is 1. The van der Waals surface area contributed by atoms with Crippen LogP contribution in [0.25, 0.3) is 0 Å². The molecule has 0 spiro atoms. The van der Waals surface area contributed by atoms with Crippen molar-refractivity contribution in [3.8, 4) is 0 Å². The summed E-state index contributed by atoms with van der Waals surface area (Å²) in [7, 11) is 0. The van der Waals surface area contributed by atoms with Gasteiger partial charge in [-0.3, -0.25) is 9.59 Å². The Hall–Kier alpha value is -2.12. The first-order valence-electron chi connectivity index (χ1n) is 10.2. The molecule has 5 atom stereocenters. The topological polar surface area (TPSA) is 179 Å². The van der Waals surface area contributed by atoms with Gasteiger partial charge >= 0.3 is 0 Å². The van der Waals surface area contributed by atoms with Crippen LogP contribution in [-0.4, -0.2) is 91.3 Å². The van der Waals surface area contributed by atoms with Crippen LogP contribution in [0.3, 0.4) is 0 Å². The first kappa shape index (κ1) is 24.2. The van der Waals surface area contributed by atoms with Crippen molar-refractivity contribution in [2.24, 2.45) is 0 Å². The first-order chi connectivity index (χ1) is 14.4. The highest BCUT2D eigenvalue weighted by Crippen LogP contribution is 2.29. The lowest BCUT2D eigenvalue weighted by molar-refractivity contribution is -0.254. The van der Waals surface area contributed by atoms with E-state index in [2.05, 4.69) is 20.9 Å². The largest absolute Gasteiger partial charge is 0.394 e. The Balaban J connectivity index is 2.38. The quantitative estimate of drug-likeness (QED) is 0.237. The standard InChI is InChI=1S/C18H31N5O7/c1-3-5-7-19-16(28)11-12(17(29)20-8-6-4-2)23(22-21-11)18-15(27)14(26)13(25)10(9-24)30-18/h10,13-15,18,24-27H,3-9H2,1-2H3,(H,19,28)(H,20,29)/t10-,13-,14+,15-,18-/m1/s1. The van der Waals surface area contributed by atoms with Gasteiger partial charge in [0.05, 0.1) is 6.61 Å². The van der Waals surface area contributed by atoms with Gasteiger partial charge in [0.25, 0.3) is 11.8 Å². The molecule has 0 saturated carbocycles. The van der Waals surface area contributed by atoms with Gasteiger partial charge in [0.15, 0.2) is 17.6 Å². The van der Waals surface area contributed by atoms with Crippen molar-refractivity contribution in [1.29, 1.82) is 0 Å². The van der Waals surface area contributed by atoms with Gasteiger partial charge in [-0.25, -0.2) is 4.68 Å². The normalized spacial score (nSPS) is 26.4. The van der Waals surface area contributed by atoms with Crippen molar-refractivity contribution in [1.82, 2.24) is 25.6 Å². The third-order valence-corrected chi connectivity index (χ3v) is 4.86. The average molecular weight is 429 g/mol. The Labute approximate surface area is 174 Å². The van der Waals surface area contributed by atoms with E-state index in [1.807, 2.05) is 13.8 Å². The highest BCUT2D eigenvalue weighted by Gasteiger charge is 2.46. The first-order valence-corrected chi connectivity index (χ1v) is 10.2. The summed E-state index contributed by atoms with van der Waals surface area (Å²) in [5, 5.41) is 52.7. The summed E-state index contributed by atoms with van der Waals surface area (Å²) in [4.78, 5) is 25.4. The number of carbonyl (C=O) groups is 2. The van der Waals surface area contributed by atoms with E-state index in [0.717, 1.165) is 23.9 Å². The second-order valence-electron chi connectivity index (χ2n) is 7.17. The fraction of sp³-hybridized carbons (Fsp3) is 0.778. The second-order valence-corrected chi connectivity index (χ2v) is 7.17. The van der Waals surface area contributed by atoms with Gasteiger partial charge in [-0.05, 0) is 12.8 Å². The average Bonchev–Trinajstić information content (AvgIpc) is 3.17. The SMILES string of the molecule is CCCCNC(=O)c1nnn([C@@H]2O[C@H](CO)[C@@H](O)[C@H](O)[C@H]2O)c1C(=O)NCCCC. The maximum absolute atomic E-state index is 12.8. The van der Waals surface area contributed by atoms with Crippen molar-refractivity contribution >= 4 is 11.8 Å². The van der Waals surface area contributed by atoms with Crippen molar-refractivity contribution < 1.29 is 34.8 Å². The minimum atomic E-state index is -1.68. The molecule has 1 aromatic rings. The zero-order valence-electron chi connectivity index (χ0n) is 17.2. The number of rotatable bonds is 10. The number of hydrogen-bond donors (Lipinski definition) is 6. The van der Waals surface area contributed by atoms with E-state index in [0.29, 0.717) is 19.5 Å². The summed E-state index contributed by atoms with van der Waals surface area (Å²) in [6, 6.07) is 0. The fourth-order valence-electron chi connectivity index (χ4n) is 3.05. The number of unbranched alkanes of at least 4 members (excludes halogenated alkanes) is 2. The van der Waals surface area contributed by atoms with Crippen LogP contribution in [0.15, 0.2) is 0 Å². The van der Waals surface area contributed by atoms with Crippen LogP contribution in [0, 0.1) is 0 Å². The maximum atomic E-state index is 12.8. The lowest BCUT2D eigenvalue weighted by Gasteiger charge is -2.39. The van der Waals surface area contributed by atoms with Crippen LogP contribution in [0.2, 0.25) is 0 Å². The third-order valence-electron chi connectivity index (χ3n) is 4.86. The van der Waals surface area contributed by atoms with Gasteiger partial charge in [0, 0.05) is 13.1 Å². The summed E-state index contributed by atoms with van der Waals surface area (Å²) < 4.78 is 6.36. The third kappa shape index (κ3) is 5.32. The molecule has 1 aliphatic rings. The van der Waals surface area contributed by atoms with Gasteiger partial charge in [-0.1, -0.05) is 31.9 Å². The minimum Gasteiger partial charge on any atom is -0.394 e. The van der Waals surface area contributed by atoms with Crippen molar-refractivity contribution in [3.63, 3.8) is 0 Å². The molecule has 12 heteroatoms. The van der Waals surface area contributed by atoms with Crippen LogP contribution in [0.5, 0.6) is 0 Å². The summed E-state index contributed by atoms with van der Waals surface area (Å²) in [5.74, 6) is -1.26. The number of aliphatic hydroxyl groups is 4. The van der Waals surface area contributed by atoms with Crippen molar-refractivity contribution in [3.05, 3.63) is 11.4 Å². The number of nitrogens with one attached hydrogen (secondary N) is 2. The lowest BCUT2D eigenvalue weighted by atomic mass is 9.98. The van der Waals surface area contributed by atoms with Gasteiger partial charge in [0.2, 0.25) is 0 Å². The van der Waals surface area contributed by atoms with E-state index in [1.165, 1.54) is 0 Å². The summed E-state index contributed by atoms with van der Waals surface area (Å²) in [6.45, 7) is 4.02. The number of carbonyl (C=O) groups excluding carboxylic acids is 2. The molecular weight excluding hydrogens is 398 g/mol. The number of amides is 2. The zero-order chi connectivity index (χ0) is 22.3. The molecule has 30 heavy (non-hydrogen) atoms. The van der Waals surface area contributed by atoms with E-state index in [-0.39, 0.29) is 11.4 Å². The van der Waals surface area contributed by atoms with Gasteiger partial charge in [0.1, 0.15) is 24.4 Å². The Bertz CT molecular complexity index is 711. The molecule has 12 nitrogen and oxygen atoms in total. The van der Waals surface area contributed by atoms with Crippen LogP contribution >= 0.6 is 0 Å². The van der Waals surface area contributed by atoms with E-state index in [9.17, 15) is 30.0 Å².